The molecule has 0 atom stereocenters. The number of anilines is 1. The molecule has 4 rings (SSSR count). The Hall–Kier alpha value is -3.49. The molecule has 6 nitrogen and oxygen atoms in total. The summed E-state index contributed by atoms with van der Waals surface area (Å²) in [6.45, 7) is 0.276. The first-order valence-electron chi connectivity index (χ1n) is 8.47. The highest BCUT2D eigenvalue weighted by atomic mass is 19.4. The molecule has 9 heteroatoms. The Morgan fingerprint density at radius 2 is 1.71 bits per heavy atom. The van der Waals surface area contributed by atoms with Gasteiger partial charge < -0.3 is 10.3 Å². The van der Waals surface area contributed by atoms with Gasteiger partial charge in [0.25, 0.3) is 0 Å². The second-order valence-electron chi connectivity index (χ2n) is 6.21. The highest BCUT2D eigenvalue weighted by Crippen LogP contribution is 2.27. The lowest BCUT2D eigenvalue weighted by Crippen LogP contribution is -2.09. The lowest BCUT2D eigenvalue weighted by Gasteiger charge is -2.08. The van der Waals surface area contributed by atoms with Crippen LogP contribution in [-0.2, 0) is 19.1 Å². The van der Waals surface area contributed by atoms with E-state index in [-0.39, 0.29) is 6.54 Å². The van der Waals surface area contributed by atoms with Crippen LogP contribution in [0.25, 0.3) is 11.0 Å². The second-order valence-corrected chi connectivity index (χ2v) is 6.21. The van der Waals surface area contributed by atoms with Gasteiger partial charge in [-0.25, -0.2) is 15.0 Å². The summed E-state index contributed by atoms with van der Waals surface area (Å²) in [6, 6.07) is 6.22. The molecule has 0 saturated heterocycles. The van der Waals surface area contributed by atoms with Gasteiger partial charge in [0.2, 0.25) is 5.95 Å². The number of fused-ring (bicyclic) bond motifs is 1. The molecule has 0 fully saturated rings. The molecule has 0 unspecified atom stereocenters. The van der Waals surface area contributed by atoms with Crippen LogP contribution in [0.4, 0.5) is 19.1 Å². The van der Waals surface area contributed by atoms with Gasteiger partial charge in [-0.05, 0) is 34.9 Å². The second kappa shape index (κ2) is 7.26. The number of pyridine rings is 2. The topological polar surface area (TPSA) is 79.4 Å². The zero-order valence-corrected chi connectivity index (χ0v) is 14.5. The molecule has 2 N–H and O–H groups in total. The Morgan fingerprint density at radius 3 is 2.43 bits per heavy atom. The van der Waals surface area contributed by atoms with Crippen LogP contribution in [0.5, 0.6) is 0 Å². The van der Waals surface area contributed by atoms with Crippen LogP contribution in [0.1, 0.15) is 22.4 Å². The van der Waals surface area contributed by atoms with Gasteiger partial charge >= 0.3 is 6.18 Å². The van der Waals surface area contributed by atoms with E-state index in [1.54, 1.807) is 18.6 Å². The predicted molar refractivity (Wildman–Crippen MR) is 97.5 cm³/mol. The summed E-state index contributed by atoms with van der Waals surface area (Å²) in [6.07, 6.45) is 4.50. The molecule has 0 aliphatic rings. The predicted octanol–water partition coefficient (Wildman–Crippen LogP) is 3.97. The number of rotatable bonds is 5. The minimum absolute atomic E-state index is 0.276. The molecule has 142 valence electrons. The lowest BCUT2D eigenvalue weighted by atomic mass is 10.1. The molecule has 0 bridgehead atoms. The molecule has 4 heterocycles. The molecule has 0 amide bonds. The number of hydrogen-bond donors (Lipinski definition) is 2. The van der Waals surface area contributed by atoms with Crippen molar-refractivity contribution >= 4 is 17.0 Å². The summed E-state index contributed by atoms with van der Waals surface area (Å²) in [5.74, 6) is 0.393. The number of hydrogen-bond acceptors (Lipinski definition) is 5. The minimum atomic E-state index is -4.44. The summed E-state index contributed by atoms with van der Waals surface area (Å²) in [5, 5.41) is 4.03. The smallest absolute Gasteiger partial charge is 0.350 e. The van der Waals surface area contributed by atoms with Crippen LogP contribution in [0.2, 0.25) is 0 Å². The van der Waals surface area contributed by atoms with Crippen molar-refractivity contribution in [2.24, 2.45) is 0 Å². The molecule has 0 aliphatic heterocycles. The van der Waals surface area contributed by atoms with E-state index in [0.717, 1.165) is 28.2 Å². The normalized spacial score (nSPS) is 11.7. The van der Waals surface area contributed by atoms with Gasteiger partial charge in [-0.1, -0.05) is 6.07 Å². The van der Waals surface area contributed by atoms with Crippen molar-refractivity contribution in [2.45, 2.75) is 19.1 Å². The first kappa shape index (κ1) is 17.9. The van der Waals surface area contributed by atoms with Crippen LogP contribution in [-0.4, -0.2) is 24.9 Å². The molecule has 4 aromatic heterocycles. The van der Waals surface area contributed by atoms with Crippen molar-refractivity contribution < 1.29 is 13.2 Å². The van der Waals surface area contributed by atoms with Crippen molar-refractivity contribution in [3.8, 4) is 0 Å². The number of aromatic nitrogens is 5. The number of H-pyrrole nitrogens is 1. The zero-order valence-electron chi connectivity index (χ0n) is 14.5. The van der Waals surface area contributed by atoms with Crippen LogP contribution in [0, 0.1) is 0 Å². The molecule has 0 radical (unpaired) electrons. The van der Waals surface area contributed by atoms with E-state index in [0.29, 0.717) is 17.9 Å². The van der Waals surface area contributed by atoms with Crippen molar-refractivity contribution in [3.63, 3.8) is 0 Å². The number of aromatic amines is 1. The minimum Gasteiger partial charge on any atom is -0.350 e. The van der Waals surface area contributed by atoms with Gasteiger partial charge in [0, 0.05) is 49.3 Å². The van der Waals surface area contributed by atoms with Gasteiger partial charge in [0.15, 0.2) is 0 Å². The quantitative estimate of drug-likeness (QED) is 0.544. The van der Waals surface area contributed by atoms with E-state index in [2.05, 4.69) is 30.2 Å². The third-order valence-electron chi connectivity index (χ3n) is 4.20. The summed E-state index contributed by atoms with van der Waals surface area (Å²) in [7, 11) is 0. The van der Waals surface area contributed by atoms with Crippen LogP contribution in [0.15, 0.2) is 55.2 Å². The van der Waals surface area contributed by atoms with E-state index >= 15 is 0 Å². The maximum atomic E-state index is 12.5. The number of halogens is 3. The third-order valence-corrected chi connectivity index (χ3v) is 4.20. The first-order valence-corrected chi connectivity index (χ1v) is 8.47. The van der Waals surface area contributed by atoms with Crippen LogP contribution in [0.3, 0.4) is 0 Å². The Kier molecular flexibility index (Phi) is 4.64. The molecule has 0 saturated carbocycles. The first-order chi connectivity index (χ1) is 13.5. The van der Waals surface area contributed by atoms with Crippen molar-refractivity contribution in [3.05, 3.63) is 77.6 Å². The van der Waals surface area contributed by atoms with E-state index in [1.165, 1.54) is 12.3 Å². The molecule has 0 aromatic carbocycles. The van der Waals surface area contributed by atoms with E-state index in [1.807, 2.05) is 18.3 Å². The van der Waals surface area contributed by atoms with Crippen molar-refractivity contribution in [2.75, 3.05) is 5.32 Å². The fourth-order valence-corrected chi connectivity index (χ4v) is 2.79. The summed E-state index contributed by atoms with van der Waals surface area (Å²) >= 11 is 0. The molecule has 0 spiro atoms. The molecule has 4 aromatic rings. The van der Waals surface area contributed by atoms with E-state index in [4.69, 9.17) is 0 Å². The fourth-order valence-electron chi connectivity index (χ4n) is 2.79. The molecular formula is C19H15F3N6. The van der Waals surface area contributed by atoms with Crippen molar-refractivity contribution in [1.29, 1.82) is 0 Å². The summed E-state index contributed by atoms with van der Waals surface area (Å²) in [4.78, 5) is 19.4. The SMILES string of the molecule is FC(F)(F)c1ccc(CNc2ncc(Cc3c[nH]c4ncccc34)cn2)cn1. The van der Waals surface area contributed by atoms with E-state index in [9.17, 15) is 13.2 Å². The Labute approximate surface area is 157 Å². The van der Waals surface area contributed by atoms with Gasteiger partial charge in [-0.15, -0.1) is 0 Å². The van der Waals surface area contributed by atoms with Crippen LogP contribution >= 0.6 is 0 Å². The van der Waals surface area contributed by atoms with Crippen LogP contribution < -0.4 is 5.32 Å². The average molecular weight is 384 g/mol. The van der Waals surface area contributed by atoms with E-state index < -0.39 is 11.9 Å². The zero-order chi connectivity index (χ0) is 19.6. The monoisotopic (exact) mass is 384 g/mol. The number of nitrogens with one attached hydrogen (secondary N) is 2. The van der Waals surface area contributed by atoms with Gasteiger partial charge in [-0.3, -0.25) is 4.98 Å². The fraction of sp³-hybridized carbons (Fsp3) is 0.158. The number of alkyl halides is 3. The van der Waals surface area contributed by atoms with Gasteiger partial charge in [0.1, 0.15) is 11.3 Å². The Balaban J connectivity index is 1.38. The molecule has 0 aliphatic carbocycles. The Bertz CT molecular complexity index is 1070. The summed E-state index contributed by atoms with van der Waals surface area (Å²) in [5.41, 5.74) is 2.56. The van der Waals surface area contributed by atoms with Gasteiger partial charge in [-0.2, -0.15) is 13.2 Å². The standard InChI is InChI=1S/C19H15F3N6/c20-19(21,22)16-4-3-12(7-24-16)8-26-18-27-9-13(10-28-18)6-14-11-25-17-15(14)2-1-5-23-17/h1-5,7,9-11H,6,8H2,(H,23,25)(H,26,27,28). The average Bonchev–Trinajstić information content (AvgIpc) is 3.10. The summed E-state index contributed by atoms with van der Waals surface area (Å²) < 4.78 is 37.6. The lowest BCUT2D eigenvalue weighted by molar-refractivity contribution is -0.141. The number of nitrogens with zero attached hydrogens (tertiary/aromatic N) is 4. The maximum Gasteiger partial charge on any atom is 0.433 e. The largest absolute Gasteiger partial charge is 0.433 e. The molecule has 28 heavy (non-hydrogen) atoms. The molecular weight excluding hydrogens is 369 g/mol. The Morgan fingerprint density at radius 1 is 0.929 bits per heavy atom. The van der Waals surface area contributed by atoms with Crippen molar-refractivity contribution in [1.82, 2.24) is 24.9 Å². The highest BCUT2D eigenvalue weighted by Gasteiger charge is 2.31. The maximum absolute atomic E-state index is 12.5. The third kappa shape index (κ3) is 3.93. The highest BCUT2D eigenvalue weighted by molar-refractivity contribution is 5.79. The van der Waals surface area contributed by atoms with Gasteiger partial charge in [0.05, 0.1) is 0 Å².